The Hall–Kier alpha value is -2.76. The molecule has 0 atom stereocenters. The number of hydrogen-bond donors (Lipinski definition) is 0. The van der Waals surface area contributed by atoms with Gasteiger partial charge in [-0.15, -0.1) is 0 Å². The smallest absolute Gasteiger partial charge is 0.256 e. The summed E-state index contributed by atoms with van der Waals surface area (Å²) in [6, 6.07) is 8.26. The molecule has 0 unspecified atom stereocenters. The van der Waals surface area contributed by atoms with Crippen LogP contribution in [-0.2, 0) is 6.54 Å². The second-order valence-corrected chi connectivity index (χ2v) is 7.86. The highest BCUT2D eigenvalue weighted by Crippen LogP contribution is 2.26. The van der Waals surface area contributed by atoms with Crippen molar-refractivity contribution in [2.75, 3.05) is 0 Å². The molecule has 3 heterocycles. The lowest BCUT2D eigenvalue weighted by atomic mass is 9.93. The molecular weight excluding hydrogens is 350 g/mol. The third-order valence-corrected chi connectivity index (χ3v) is 5.55. The van der Waals surface area contributed by atoms with Crippen molar-refractivity contribution in [2.45, 2.75) is 64.6 Å². The third kappa shape index (κ3) is 3.77. The van der Waals surface area contributed by atoms with E-state index in [1.165, 1.54) is 19.3 Å². The lowest BCUT2D eigenvalue weighted by molar-refractivity contribution is 0.0611. The largest absolute Gasteiger partial charge is 0.330 e. The molecule has 3 aromatic rings. The van der Waals surface area contributed by atoms with Crippen LogP contribution in [0.2, 0.25) is 0 Å². The van der Waals surface area contributed by atoms with E-state index in [0.717, 1.165) is 29.7 Å². The molecule has 1 saturated carbocycles. The van der Waals surface area contributed by atoms with Gasteiger partial charge in [-0.3, -0.25) is 9.78 Å². The zero-order valence-electron chi connectivity index (χ0n) is 16.6. The van der Waals surface area contributed by atoms with Crippen LogP contribution in [0.5, 0.6) is 0 Å². The predicted molar refractivity (Wildman–Crippen MR) is 109 cm³/mol. The predicted octanol–water partition coefficient (Wildman–Crippen LogP) is 4.38. The summed E-state index contributed by atoms with van der Waals surface area (Å²) in [6.07, 6.45) is 11.0. The van der Waals surface area contributed by atoms with Crippen LogP contribution < -0.4 is 0 Å². The number of amides is 1. The van der Waals surface area contributed by atoms with Crippen molar-refractivity contribution >= 4 is 17.1 Å². The topological polar surface area (TPSA) is 63.9 Å². The maximum atomic E-state index is 13.5. The van der Waals surface area contributed by atoms with Crippen LogP contribution in [0.1, 0.15) is 68.0 Å². The minimum absolute atomic E-state index is 0.0195. The van der Waals surface area contributed by atoms with E-state index >= 15 is 0 Å². The van der Waals surface area contributed by atoms with Gasteiger partial charge in [0.1, 0.15) is 5.52 Å². The SMILES string of the molecule is CC(C)n1cnc2cc(C(=O)N(Cc3ccccn3)C3CCCCC3)cnc21. The molecule has 1 aliphatic carbocycles. The molecule has 6 heteroatoms. The van der Waals surface area contributed by atoms with E-state index in [4.69, 9.17) is 0 Å². The Labute approximate surface area is 165 Å². The molecule has 0 saturated heterocycles. The maximum Gasteiger partial charge on any atom is 0.256 e. The van der Waals surface area contributed by atoms with Gasteiger partial charge in [0.2, 0.25) is 0 Å². The van der Waals surface area contributed by atoms with E-state index in [0.29, 0.717) is 12.1 Å². The van der Waals surface area contributed by atoms with Gasteiger partial charge in [0.15, 0.2) is 5.65 Å². The molecule has 0 aromatic carbocycles. The summed E-state index contributed by atoms with van der Waals surface area (Å²) in [6.45, 7) is 4.72. The van der Waals surface area contributed by atoms with Crippen LogP contribution in [0.4, 0.5) is 0 Å². The number of fused-ring (bicyclic) bond motifs is 1. The van der Waals surface area contributed by atoms with Crippen molar-refractivity contribution in [3.05, 3.63) is 54.2 Å². The van der Waals surface area contributed by atoms with Crippen LogP contribution >= 0.6 is 0 Å². The van der Waals surface area contributed by atoms with Gasteiger partial charge in [-0.25, -0.2) is 9.97 Å². The second kappa shape index (κ2) is 8.09. The van der Waals surface area contributed by atoms with Gasteiger partial charge >= 0.3 is 0 Å². The first-order valence-electron chi connectivity index (χ1n) is 10.2. The minimum atomic E-state index is 0.0195. The summed E-state index contributed by atoms with van der Waals surface area (Å²) in [7, 11) is 0. The molecule has 1 aliphatic rings. The van der Waals surface area contributed by atoms with Gasteiger partial charge in [0.05, 0.1) is 24.1 Å². The first kappa shape index (κ1) is 18.6. The van der Waals surface area contributed by atoms with Gasteiger partial charge in [-0.1, -0.05) is 25.3 Å². The number of hydrogen-bond acceptors (Lipinski definition) is 4. The summed E-state index contributed by atoms with van der Waals surface area (Å²) in [5, 5.41) is 0. The van der Waals surface area contributed by atoms with E-state index in [9.17, 15) is 4.79 Å². The zero-order chi connectivity index (χ0) is 19.5. The number of carbonyl (C=O) groups is 1. The monoisotopic (exact) mass is 377 g/mol. The second-order valence-electron chi connectivity index (χ2n) is 7.86. The molecule has 146 valence electrons. The number of nitrogens with zero attached hydrogens (tertiary/aromatic N) is 5. The van der Waals surface area contributed by atoms with Crippen LogP contribution in [0.25, 0.3) is 11.2 Å². The molecule has 3 aromatic heterocycles. The molecule has 0 spiro atoms. The summed E-state index contributed by atoms with van der Waals surface area (Å²) < 4.78 is 2.02. The van der Waals surface area contributed by atoms with E-state index in [1.807, 2.05) is 33.7 Å². The highest BCUT2D eigenvalue weighted by atomic mass is 16.2. The lowest BCUT2D eigenvalue weighted by Gasteiger charge is -2.34. The summed E-state index contributed by atoms with van der Waals surface area (Å²) in [5.74, 6) is 0.0195. The molecular formula is C22H27N5O. The first-order valence-corrected chi connectivity index (χ1v) is 10.2. The Kier molecular flexibility index (Phi) is 5.37. The molecule has 1 amide bonds. The Balaban J connectivity index is 1.65. The fraction of sp³-hybridized carbons (Fsp3) is 0.455. The van der Waals surface area contributed by atoms with Crippen molar-refractivity contribution in [1.29, 1.82) is 0 Å². The lowest BCUT2D eigenvalue weighted by Crippen LogP contribution is -2.41. The number of rotatable bonds is 5. The van der Waals surface area contributed by atoms with E-state index in [2.05, 4.69) is 28.8 Å². The third-order valence-electron chi connectivity index (χ3n) is 5.55. The maximum absolute atomic E-state index is 13.5. The Bertz CT molecular complexity index is 944. The van der Waals surface area contributed by atoms with Crippen LogP contribution in [0, 0.1) is 0 Å². The van der Waals surface area contributed by atoms with E-state index in [1.54, 1.807) is 18.7 Å². The number of aromatic nitrogens is 4. The molecule has 0 bridgehead atoms. The van der Waals surface area contributed by atoms with Gasteiger partial charge in [0, 0.05) is 24.5 Å². The van der Waals surface area contributed by atoms with Crippen molar-refractivity contribution in [3.63, 3.8) is 0 Å². The molecule has 28 heavy (non-hydrogen) atoms. The number of pyridine rings is 2. The van der Waals surface area contributed by atoms with Crippen molar-refractivity contribution < 1.29 is 4.79 Å². The molecule has 0 radical (unpaired) electrons. The van der Waals surface area contributed by atoms with Gasteiger partial charge < -0.3 is 9.47 Å². The highest BCUT2D eigenvalue weighted by Gasteiger charge is 2.27. The molecule has 6 nitrogen and oxygen atoms in total. The fourth-order valence-electron chi connectivity index (χ4n) is 4.01. The molecule has 4 rings (SSSR count). The van der Waals surface area contributed by atoms with Crippen LogP contribution in [0.3, 0.4) is 0 Å². The van der Waals surface area contributed by atoms with Crippen molar-refractivity contribution in [2.24, 2.45) is 0 Å². The fourth-order valence-corrected chi connectivity index (χ4v) is 4.01. The zero-order valence-corrected chi connectivity index (χ0v) is 16.6. The first-order chi connectivity index (χ1) is 13.6. The Morgan fingerprint density at radius 1 is 1.18 bits per heavy atom. The Morgan fingerprint density at radius 2 is 2.00 bits per heavy atom. The standard InChI is InChI=1S/C22H27N5O/c1-16(2)27-15-25-20-12-17(13-24-21(20)27)22(28)26(19-9-4-3-5-10-19)14-18-8-6-7-11-23-18/h6-8,11-13,15-16,19H,3-5,9-10,14H2,1-2H3. The summed E-state index contributed by atoms with van der Waals surface area (Å²) in [4.78, 5) is 28.9. The van der Waals surface area contributed by atoms with Crippen molar-refractivity contribution in [3.8, 4) is 0 Å². The normalized spacial score (nSPS) is 15.2. The quantitative estimate of drug-likeness (QED) is 0.662. The van der Waals surface area contributed by atoms with Gasteiger partial charge in [-0.2, -0.15) is 0 Å². The van der Waals surface area contributed by atoms with E-state index < -0.39 is 0 Å². The van der Waals surface area contributed by atoms with E-state index in [-0.39, 0.29) is 18.0 Å². The average molecular weight is 377 g/mol. The van der Waals surface area contributed by atoms with Gasteiger partial charge in [-0.05, 0) is 44.9 Å². The van der Waals surface area contributed by atoms with Gasteiger partial charge in [0.25, 0.3) is 5.91 Å². The molecule has 0 aliphatic heterocycles. The Morgan fingerprint density at radius 3 is 2.71 bits per heavy atom. The summed E-state index contributed by atoms with van der Waals surface area (Å²) >= 11 is 0. The summed E-state index contributed by atoms with van der Waals surface area (Å²) in [5.41, 5.74) is 3.10. The van der Waals surface area contributed by atoms with Crippen molar-refractivity contribution in [1.82, 2.24) is 24.4 Å². The minimum Gasteiger partial charge on any atom is -0.330 e. The molecule has 1 fully saturated rings. The molecule has 0 N–H and O–H groups in total. The number of carbonyl (C=O) groups excluding carboxylic acids is 1. The average Bonchev–Trinajstić information content (AvgIpc) is 3.16. The highest BCUT2D eigenvalue weighted by molar-refractivity contribution is 5.96. The van der Waals surface area contributed by atoms with Crippen LogP contribution in [-0.4, -0.2) is 36.4 Å². The van der Waals surface area contributed by atoms with Crippen LogP contribution in [0.15, 0.2) is 43.0 Å². The number of imidazole rings is 1.